The smallest absolute Gasteiger partial charge is 0.135 e. The van der Waals surface area contributed by atoms with E-state index in [1.165, 1.54) is 31.5 Å². The lowest BCUT2D eigenvalue weighted by Crippen LogP contribution is -2.43. The van der Waals surface area contributed by atoms with Gasteiger partial charge in [0, 0.05) is 37.4 Å². The maximum atomic E-state index is 4.65. The lowest BCUT2D eigenvalue weighted by atomic mass is 9.96. The number of aryl methyl sites for hydroxylation is 2. The highest BCUT2D eigenvalue weighted by atomic mass is 15.2. The fraction of sp³-hybridized carbons (Fsp3) is 0.765. The van der Waals surface area contributed by atoms with E-state index in [4.69, 9.17) is 0 Å². The van der Waals surface area contributed by atoms with E-state index < -0.39 is 0 Å². The van der Waals surface area contributed by atoms with Gasteiger partial charge >= 0.3 is 0 Å². The number of aromatic nitrogens is 2. The number of hydrogen-bond donors (Lipinski definition) is 0. The molecule has 21 heavy (non-hydrogen) atoms. The maximum absolute atomic E-state index is 4.65. The molecule has 118 valence electrons. The fourth-order valence-electron chi connectivity index (χ4n) is 3.31. The number of likely N-dealkylation sites (tertiary alicyclic amines) is 1. The summed E-state index contributed by atoms with van der Waals surface area (Å²) in [7, 11) is 2.17. The van der Waals surface area contributed by atoms with Gasteiger partial charge in [0.25, 0.3) is 0 Å². The number of nitrogens with zero attached hydrogens (tertiary/aromatic N) is 4. The Labute approximate surface area is 129 Å². The molecule has 1 atom stereocenters. The molecule has 1 aliphatic heterocycles. The zero-order valence-corrected chi connectivity index (χ0v) is 14.5. The molecule has 1 unspecified atom stereocenters. The van der Waals surface area contributed by atoms with E-state index >= 15 is 0 Å². The summed E-state index contributed by atoms with van der Waals surface area (Å²) in [6, 6.07) is 0.656. The Bertz CT molecular complexity index is 484. The fourth-order valence-corrected chi connectivity index (χ4v) is 3.31. The van der Waals surface area contributed by atoms with Gasteiger partial charge in [-0.15, -0.1) is 0 Å². The predicted molar refractivity (Wildman–Crippen MR) is 88.9 cm³/mol. The molecule has 0 amide bonds. The lowest BCUT2D eigenvalue weighted by molar-refractivity contribution is 0.142. The van der Waals surface area contributed by atoms with Crippen LogP contribution in [0.5, 0.6) is 0 Å². The van der Waals surface area contributed by atoms with Crippen molar-refractivity contribution in [1.82, 2.24) is 14.9 Å². The van der Waals surface area contributed by atoms with Gasteiger partial charge < -0.3 is 9.80 Å². The second-order valence-electron chi connectivity index (χ2n) is 6.78. The van der Waals surface area contributed by atoms with Crippen molar-refractivity contribution >= 4 is 5.82 Å². The molecule has 1 aromatic heterocycles. The van der Waals surface area contributed by atoms with Crippen LogP contribution in [0.4, 0.5) is 5.82 Å². The summed E-state index contributed by atoms with van der Waals surface area (Å²) >= 11 is 0. The summed E-state index contributed by atoms with van der Waals surface area (Å²) in [6.07, 6.45) is 2.65. The second-order valence-corrected chi connectivity index (χ2v) is 6.78. The molecule has 1 aromatic rings. The van der Waals surface area contributed by atoms with Crippen LogP contribution in [0.2, 0.25) is 0 Å². The largest absolute Gasteiger partial charge is 0.359 e. The van der Waals surface area contributed by atoms with Crippen molar-refractivity contribution in [2.45, 2.75) is 53.5 Å². The molecule has 4 heteroatoms. The highest BCUT2D eigenvalue weighted by molar-refractivity contribution is 5.47. The van der Waals surface area contributed by atoms with Crippen LogP contribution in [0.3, 0.4) is 0 Å². The molecule has 4 nitrogen and oxygen atoms in total. The summed E-state index contributed by atoms with van der Waals surface area (Å²) in [6.45, 7) is 14.3. The van der Waals surface area contributed by atoms with E-state index in [1.807, 2.05) is 6.92 Å². The lowest BCUT2D eigenvalue weighted by Gasteiger charge is -2.37. The number of piperidine rings is 1. The van der Waals surface area contributed by atoms with Crippen LogP contribution in [0, 0.1) is 26.7 Å². The van der Waals surface area contributed by atoms with Crippen molar-refractivity contribution in [2.75, 3.05) is 31.6 Å². The average molecular weight is 290 g/mol. The predicted octanol–water partition coefficient (Wildman–Crippen LogP) is 2.96. The second kappa shape index (κ2) is 6.73. The summed E-state index contributed by atoms with van der Waals surface area (Å²) in [4.78, 5) is 14.0. The van der Waals surface area contributed by atoms with E-state index in [0.29, 0.717) is 6.04 Å². The summed E-state index contributed by atoms with van der Waals surface area (Å²) in [5.74, 6) is 2.70. The van der Waals surface area contributed by atoms with Crippen molar-refractivity contribution in [3.05, 3.63) is 17.1 Å². The molecule has 0 saturated carbocycles. The summed E-state index contributed by atoms with van der Waals surface area (Å²) in [5.41, 5.74) is 2.30. The van der Waals surface area contributed by atoms with Crippen LogP contribution in [0.15, 0.2) is 0 Å². The van der Waals surface area contributed by atoms with Crippen LogP contribution in [-0.2, 0) is 0 Å². The van der Waals surface area contributed by atoms with E-state index in [1.54, 1.807) is 0 Å². The highest BCUT2D eigenvalue weighted by Crippen LogP contribution is 2.23. The molecule has 0 bridgehead atoms. The molecule has 0 aliphatic carbocycles. The molecule has 0 aromatic carbocycles. The van der Waals surface area contributed by atoms with Crippen LogP contribution >= 0.6 is 0 Å². The third kappa shape index (κ3) is 3.94. The van der Waals surface area contributed by atoms with Crippen molar-refractivity contribution in [3.8, 4) is 0 Å². The van der Waals surface area contributed by atoms with Gasteiger partial charge in [0.05, 0.1) is 0 Å². The van der Waals surface area contributed by atoms with Gasteiger partial charge in [0.15, 0.2) is 0 Å². The van der Waals surface area contributed by atoms with Gasteiger partial charge in [-0.3, -0.25) is 0 Å². The molecule has 0 radical (unpaired) electrons. The van der Waals surface area contributed by atoms with Crippen LogP contribution < -0.4 is 4.90 Å². The first-order valence-corrected chi connectivity index (χ1v) is 8.15. The summed E-state index contributed by atoms with van der Waals surface area (Å²) < 4.78 is 0. The standard InChI is InChI=1S/C17H30N4/c1-12(2)21-9-7-8-16(11-21)10-20(6)17-13(3)14(4)18-15(5)19-17/h12,16H,7-11H2,1-6H3. The van der Waals surface area contributed by atoms with Crippen molar-refractivity contribution in [3.63, 3.8) is 0 Å². The number of anilines is 1. The topological polar surface area (TPSA) is 32.3 Å². The average Bonchev–Trinajstić information content (AvgIpc) is 2.43. The third-order valence-electron chi connectivity index (χ3n) is 4.65. The van der Waals surface area contributed by atoms with Gasteiger partial charge in [-0.05, 0) is 59.9 Å². The highest BCUT2D eigenvalue weighted by Gasteiger charge is 2.23. The molecule has 1 fully saturated rings. The van der Waals surface area contributed by atoms with Crippen LogP contribution in [0.25, 0.3) is 0 Å². The first-order valence-electron chi connectivity index (χ1n) is 8.15. The Morgan fingerprint density at radius 3 is 2.62 bits per heavy atom. The molecule has 0 N–H and O–H groups in total. The van der Waals surface area contributed by atoms with E-state index in [0.717, 1.165) is 29.8 Å². The van der Waals surface area contributed by atoms with Crippen LogP contribution in [0.1, 0.15) is 43.8 Å². The molecule has 0 spiro atoms. The van der Waals surface area contributed by atoms with Crippen molar-refractivity contribution in [1.29, 1.82) is 0 Å². The SMILES string of the molecule is Cc1nc(C)c(C)c(N(C)CC2CCCN(C(C)C)C2)n1. The molecule has 1 aliphatic rings. The van der Waals surface area contributed by atoms with Crippen molar-refractivity contribution in [2.24, 2.45) is 5.92 Å². The Kier molecular flexibility index (Phi) is 5.20. The van der Waals surface area contributed by atoms with Gasteiger partial charge in [-0.1, -0.05) is 0 Å². The van der Waals surface area contributed by atoms with Gasteiger partial charge in [-0.2, -0.15) is 0 Å². The third-order valence-corrected chi connectivity index (χ3v) is 4.65. The Morgan fingerprint density at radius 2 is 1.95 bits per heavy atom. The molecule has 2 heterocycles. The first-order chi connectivity index (χ1) is 9.88. The quantitative estimate of drug-likeness (QED) is 0.853. The molecule has 1 saturated heterocycles. The van der Waals surface area contributed by atoms with Crippen LogP contribution in [-0.4, -0.2) is 47.6 Å². The minimum absolute atomic E-state index is 0.656. The Hall–Kier alpha value is -1.16. The minimum Gasteiger partial charge on any atom is -0.359 e. The monoisotopic (exact) mass is 290 g/mol. The van der Waals surface area contributed by atoms with Gasteiger partial charge in [0.2, 0.25) is 0 Å². The van der Waals surface area contributed by atoms with Crippen molar-refractivity contribution < 1.29 is 0 Å². The molecular weight excluding hydrogens is 260 g/mol. The van der Waals surface area contributed by atoms with E-state index in [9.17, 15) is 0 Å². The normalized spacial score (nSPS) is 20.0. The van der Waals surface area contributed by atoms with Gasteiger partial charge in [0.1, 0.15) is 11.6 Å². The van der Waals surface area contributed by atoms with E-state index in [-0.39, 0.29) is 0 Å². The zero-order chi connectivity index (χ0) is 15.6. The number of hydrogen-bond acceptors (Lipinski definition) is 4. The molecular formula is C17H30N4. The van der Waals surface area contributed by atoms with E-state index in [2.05, 4.69) is 54.5 Å². The molecule has 2 rings (SSSR count). The minimum atomic E-state index is 0.656. The summed E-state index contributed by atoms with van der Waals surface area (Å²) in [5, 5.41) is 0. The number of rotatable bonds is 4. The maximum Gasteiger partial charge on any atom is 0.135 e. The zero-order valence-electron chi connectivity index (χ0n) is 14.5. The Morgan fingerprint density at radius 1 is 1.24 bits per heavy atom. The first kappa shape index (κ1) is 16.2. The Balaban J connectivity index is 2.06. The van der Waals surface area contributed by atoms with Gasteiger partial charge in [-0.25, -0.2) is 9.97 Å².